The van der Waals surface area contributed by atoms with Gasteiger partial charge in [0.1, 0.15) is 0 Å². The summed E-state index contributed by atoms with van der Waals surface area (Å²) < 4.78 is 0. The van der Waals surface area contributed by atoms with Gasteiger partial charge in [-0.15, -0.1) is 22.7 Å². The van der Waals surface area contributed by atoms with Gasteiger partial charge >= 0.3 is 0 Å². The van der Waals surface area contributed by atoms with Gasteiger partial charge in [0.05, 0.1) is 22.1 Å². The highest BCUT2D eigenvalue weighted by atomic mass is 32.1. The number of benzene rings is 1. The fourth-order valence-corrected chi connectivity index (χ4v) is 3.34. The van der Waals surface area contributed by atoms with E-state index in [4.69, 9.17) is 0 Å². The molecule has 7 heteroatoms. The highest BCUT2D eigenvalue weighted by molar-refractivity contribution is 7.12. The van der Waals surface area contributed by atoms with Crippen LogP contribution in [0.3, 0.4) is 0 Å². The van der Waals surface area contributed by atoms with E-state index in [9.17, 15) is 9.59 Å². The number of aryl methyl sites for hydroxylation is 1. The monoisotopic (exact) mass is 357 g/mol. The van der Waals surface area contributed by atoms with E-state index in [2.05, 4.69) is 15.6 Å². The summed E-state index contributed by atoms with van der Waals surface area (Å²) in [7, 11) is 0. The number of hydrogen-bond donors (Lipinski definition) is 2. The van der Waals surface area contributed by atoms with Crippen LogP contribution in [-0.4, -0.2) is 23.3 Å². The average molecular weight is 357 g/mol. The molecule has 24 heavy (non-hydrogen) atoms. The van der Waals surface area contributed by atoms with Crippen LogP contribution in [0.5, 0.6) is 0 Å². The van der Waals surface area contributed by atoms with E-state index in [1.165, 1.54) is 11.3 Å². The first-order chi connectivity index (χ1) is 11.6. The predicted octanol–water partition coefficient (Wildman–Crippen LogP) is 3.55. The molecule has 5 nitrogen and oxygen atoms in total. The van der Waals surface area contributed by atoms with Crippen LogP contribution in [0.2, 0.25) is 0 Å². The van der Waals surface area contributed by atoms with Gasteiger partial charge in [-0.1, -0.05) is 18.2 Å². The highest BCUT2D eigenvalue weighted by Crippen LogP contribution is 2.23. The lowest BCUT2D eigenvalue weighted by molar-refractivity contribution is -0.115. The Bertz CT molecular complexity index is 839. The zero-order valence-corrected chi connectivity index (χ0v) is 14.5. The maximum atomic E-state index is 11.9. The van der Waals surface area contributed by atoms with Gasteiger partial charge in [-0.2, -0.15) is 0 Å². The topological polar surface area (TPSA) is 71.1 Å². The zero-order valence-electron chi connectivity index (χ0n) is 12.9. The van der Waals surface area contributed by atoms with Crippen molar-refractivity contribution in [1.29, 1.82) is 0 Å². The maximum Gasteiger partial charge on any atom is 0.261 e. The number of carbonyl (C=O) groups is 2. The molecule has 0 atom stereocenters. The van der Waals surface area contributed by atoms with Crippen LogP contribution in [0, 0.1) is 6.92 Å². The number of thiophene rings is 1. The number of carbonyl (C=O) groups excluding carboxylic acids is 2. The Morgan fingerprint density at radius 3 is 2.54 bits per heavy atom. The molecule has 3 rings (SSSR count). The summed E-state index contributed by atoms with van der Waals surface area (Å²) in [5, 5.41) is 10.2. The number of nitrogens with one attached hydrogen (secondary N) is 2. The van der Waals surface area contributed by atoms with Crippen molar-refractivity contribution in [1.82, 2.24) is 10.3 Å². The van der Waals surface area contributed by atoms with Crippen LogP contribution in [0.4, 0.5) is 5.69 Å². The van der Waals surface area contributed by atoms with E-state index < -0.39 is 0 Å². The Kier molecular flexibility index (Phi) is 5.02. The Morgan fingerprint density at radius 1 is 1.12 bits per heavy atom. The van der Waals surface area contributed by atoms with Crippen LogP contribution in [0.15, 0.2) is 47.2 Å². The SMILES string of the molecule is Cc1nc(-c2ccc(NC(=O)CNC(=O)c3cccs3)cc2)cs1. The van der Waals surface area contributed by atoms with E-state index >= 15 is 0 Å². The second-order valence-corrected chi connectivity index (χ2v) is 7.05. The van der Waals surface area contributed by atoms with Crippen LogP contribution < -0.4 is 10.6 Å². The number of thiazole rings is 1. The van der Waals surface area contributed by atoms with Gasteiger partial charge in [0.15, 0.2) is 0 Å². The lowest BCUT2D eigenvalue weighted by Gasteiger charge is -2.07. The molecule has 3 aromatic rings. The number of rotatable bonds is 5. The Hall–Kier alpha value is -2.51. The third kappa shape index (κ3) is 4.06. The molecule has 0 unspecified atom stereocenters. The third-order valence-corrected chi connectivity index (χ3v) is 4.88. The smallest absolute Gasteiger partial charge is 0.261 e. The van der Waals surface area contributed by atoms with Gasteiger partial charge in [-0.3, -0.25) is 9.59 Å². The predicted molar refractivity (Wildman–Crippen MR) is 97.6 cm³/mol. The van der Waals surface area contributed by atoms with E-state index in [0.717, 1.165) is 16.3 Å². The van der Waals surface area contributed by atoms with Crippen molar-refractivity contribution >= 4 is 40.2 Å². The largest absolute Gasteiger partial charge is 0.342 e. The summed E-state index contributed by atoms with van der Waals surface area (Å²) in [6.45, 7) is 1.90. The fourth-order valence-electron chi connectivity index (χ4n) is 2.08. The molecule has 0 radical (unpaired) electrons. The van der Waals surface area contributed by atoms with Gasteiger partial charge in [0.2, 0.25) is 5.91 Å². The minimum Gasteiger partial charge on any atom is -0.342 e. The Morgan fingerprint density at radius 2 is 1.92 bits per heavy atom. The Labute approximate surface area is 147 Å². The second-order valence-electron chi connectivity index (χ2n) is 5.04. The second kappa shape index (κ2) is 7.37. The minimum absolute atomic E-state index is 0.0657. The summed E-state index contributed by atoms with van der Waals surface area (Å²) >= 11 is 2.94. The first-order valence-electron chi connectivity index (χ1n) is 7.26. The lowest BCUT2D eigenvalue weighted by atomic mass is 10.1. The van der Waals surface area contributed by atoms with Crippen molar-refractivity contribution in [3.63, 3.8) is 0 Å². The Balaban J connectivity index is 1.54. The van der Waals surface area contributed by atoms with Gasteiger partial charge < -0.3 is 10.6 Å². The number of nitrogens with zero attached hydrogens (tertiary/aromatic N) is 1. The third-order valence-electron chi connectivity index (χ3n) is 3.24. The van der Waals surface area contributed by atoms with Gasteiger partial charge in [-0.25, -0.2) is 4.98 Å². The van der Waals surface area contributed by atoms with Crippen molar-refractivity contribution in [3.8, 4) is 11.3 Å². The molecule has 0 fully saturated rings. The fraction of sp³-hybridized carbons (Fsp3) is 0.118. The molecule has 2 heterocycles. The van der Waals surface area contributed by atoms with E-state index in [0.29, 0.717) is 10.6 Å². The molecule has 2 N–H and O–H groups in total. The molecular formula is C17H15N3O2S2. The molecule has 0 saturated carbocycles. The van der Waals surface area contributed by atoms with E-state index in [-0.39, 0.29) is 18.4 Å². The molecule has 2 aromatic heterocycles. The maximum absolute atomic E-state index is 11.9. The van der Waals surface area contributed by atoms with Gasteiger partial charge in [0.25, 0.3) is 5.91 Å². The standard InChI is InChI=1S/C17H15N3O2S2/c1-11-19-14(10-24-11)12-4-6-13(7-5-12)20-16(21)9-18-17(22)15-3-2-8-23-15/h2-8,10H,9H2,1H3,(H,18,22)(H,20,21). The summed E-state index contributed by atoms with van der Waals surface area (Å²) in [5.74, 6) is -0.508. The lowest BCUT2D eigenvalue weighted by Crippen LogP contribution is -2.32. The molecular weight excluding hydrogens is 342 g/mol. The van der Waals surface area contributed by atoms with Crippen LogP contribution in [0.1, 0.15) is 14.7 Å². The number of anilines is 1. The highest BCUT2D eigenvalue weighted by Gasteiger charge is 2.09. The van der Waals surface area contributed by atoms with Gasteiger partial charge in [-0.05, 0) is 30.5 Å². The summed E-state index contributed by atoms with van der Waals surface area (Å²) in [6, 6.07) is 11.0. The number of amides is 2. The van der Waals surface area contributed by atoms with Crippen molar-refractivity contribution < 1.29 is 9.59 Å². The molecule has 0 aliphatic heterocycles. The van der Waals surface area contributed by atoms with Crippen molar-refractivity contribution in [2.75, 3.05) is 11.9 Å². The normalized spacial score (nSPS) is 10.4. The molecule has 0 aliphatic carbocycles. The van der Waals surface area contributed by atoms with Crippen molar-refractivity contribution in [3.05, 3.63) is 57.0 Å². The average Bonchev–Trinajstić information content (AvgIpc) is 3.25. The quantitative estimate of drug-likeness (QED) is 0.733. The number of hydrogen-bond acceptors (Lipinski definition) is 5. The first kappa shape index (κ1) is 16.4. The van der Waals surface area contributed by atoms with Crippen LogP contribution in [-0.2, 0) is 4.79 Å². The van der Waals surface area contributed by atoms with E-state index in [1.807, 2.05) is 41.9 Å². The van der Waals surface area contributed by atoms with Crippen molar-refractivity contribution in [2.24, 2.45) is 0 Å². The molecule has 1 aromatic carbocycles. The zero-order chi connectivity index (χ0) is 16.9. The molecule has 0 aliphatic rings. The summed E-state index contributed by atoms with van der Waals surface area (Å²) in [5.41, 5.74) is 2.61. The molecule has 0 bridgehead atoms. The molecule has 2 amide bonds. The first-order valence-corrected chi connectivity index (χ1v) is 9.02. The summed E-state index contributed by atoms with van der Waals surface area (Å²) in [4.78, 5) is 28.7. The van der Waals surface area contributed by atoms with Crippen molar-refractivity contribution in [2.45, 2.75) is 6.92 Å². The molecule has 0 spiro atoms. The molecule has 0 saturated heterocycles. The van der Waals surface area contributed by atoms with E-state index in [1.54, 1.807) is 23.5 Å². The van der Waals surface area contributed by atoms with Crippen LogP contribution >= 0.6 is 22.7 Å². The summed E-state index contributed by atoms with van der Waals surface area (Å²) in [6.07, 6.45) is 0. The molecule has 122 valence electrons. The van der Waals surface area contributed by atoms with Crippen LogP contribution in [0.25, 0.3) is 11.3 Å². The number of aromatic nitrogens is 1. The minimum atomic E-state index is -0.267. The van der Waals surface area contributed by atoms with Gasteiger partial charge in [0, 0.05) is 16.6 Å².